The van der Waals surface area contributed by atoms with E-state index in [1.165, 1.54) is 5.69 Å². The van der Waals surface area contributed by atoms with Crippen LogP contribution in [0.15, 0.2) is 28.3 Å². The number of aromatic nitrogens is 3. The standard InChI is InChI=1S/C20H28N6/c1-8-25(9-2)15-10-11-16(13(3)12-15)21-17-14(4)24-26-18(17)22-23-19(26)20(5,6)7/h10-12H,8-9H2,1-7H3. The largest absolute Gasteiger partial charge is 0.372 e. The summed E-state index contributed by atoms with van der Waals surface area (Å²) in [4.78, 5) is 7.20. The highest BCUT2D eigenvalue weighted by Crippen LogP contribution is 2.28. The van der Waals surface area contributed by atoms with E-state index in [1.54, 1.807) is 0 Å². The van der Waals surface area contributed by atoms with Crippen molar-refractivity contribution in [2.75, 3.05) is 18.0 Å². The third-order valence-corrected chi connectivity index (χ3v) is 4.66. The van der Waals surface area contributed by atoms with Crippen molar-refractivity contribution in [3.63, 3.8) is 0 Å². The molecule has 0 fully saturated rings. The zero-order valence-corrected chi connectivity index (χ0v) is 16.8. The number of benzene rings is 1. The number of rotatable bonds is 4. The lowest BCUT2D eigenvalue weighted by Gasteiger charge is -2.21. The van der Waals surface area contributed by atoms with Crippen LogP contribution in [0.1, 0.15) is 58.8 Å². The average molecular weight is 352 g/mol. The first kappa shape index (κ1) is 18.3. The van der Waals surface area contributed by atoms with Gasteiger partial charge in [0, 0.05) is 24.2 Å². The molecule has 1 aliphatic rings. The van der Waals surface area contributed by atoms with Crippen molar-refractivity contribution >= 4 is 22.8 Å². The highest BCUT2D eigenvalue weighted by molar-refractivity contribution is 6.48. The lowest BCUT2D eigenvalue weighted by molar-refractivity contribution is 0.518. The minimum atomic E-state index is -0.119. The van der Waals surface area contributed by atoms with E-state index in [9.17, 15) is 0 Å². The molecule has 6 nitrogen and oxygen atoms in total. The predicted molar refractivity (Wildman–Crippen MR) is 108 cm³/mol. The van der Waals surface area contributed by atoms with Gasteiger partial charge in [0.1, 0.15) is 5.71 Å². The van der Waals surface area contributed by atoms with Crippen LogP contribution in [0.25, 0.3) is 0 Å². The highest BCUT2D eigenvalue weighted by Gasteiger charge is 2.30. The molecule has 0 aliphatic carbocycles. The fourth-order valence-electron chi connectivity index (χ4n) is 3.15. The summed E-state index contributed by atoms with van der Waals surface area (Å²) in [5, 5.41) is 13.3. The monoisotopic (exact) mass is 352 g/mol. The smallest absolute Gasteiger partial charge is 0.205 e. The van der Waals surface area contributed by atoms with Crippen LogP contribution in [-0.2, 0) is 5.41 Å². The number of fused-ring (bicyclic) bond motifs is 1. The predicted octanol–water partition coefficient (Wildman–Crippen LogP) is 4.09. The normalized spacial score (nSPS) is 15.3. The first-order valence-corrected chi connectivity index (χ1v) is 9.22. The maximum absolute atomic E-state index is 4.87. The summed E-state index contributed by atoms with van der Waals surface area (Å²) in [7, 11) is 0. The SMILES string of the molecule is CCN(CC)c1ccc(N=C2C(C)=Nn3c2nnc3C(C)(C)C)c(C)c1. The fraction of sp³-hybridized carbons (Fsp3) is 0.500. The van der Waals surface area contributed by atoms with Gasteiger partial charge in [-0.25, -0.2) is 4.99 Å². The summed E-state index contributed by atoms with van der Waals surface area (Å²) in [6.07, 6.45) is 0. The van der Waals surface area contributed by atoms with Gasteiger partial charge < -0.3 is 4.90 Å². The molecule has 0 bridgehead atoms. The zero-order chi connectivity index (χ0) is 19.1. The van der Waals surface area contributed by atoms with E-state index in [1.807, 2.05) is 11.6 Å². The van der Waals surface area contributed by atoms with Crippen molar-refractivity contribution in [3.8, 4) is 0 Å². The van der Waals surface area contributed by atoms with E-state index >= 15 is 0 Å². The minimum Gasteiger partial charge on any atom is -0.372 e. The summed E-state index contributed by atoms with van der Waals surface area (Å²) in [6.45, 7) is 16.7. The van der Waals surface area contributed by atoms with Crippen molar-refractivity contribution < 1.29 is 0 Å². The zero-order valence-electron chi connectivity index (χ0n) is 16.8. The van der Waals surface area contributed by atoms with Gasteiger partial charge in [-0.3, -0.25) is 0 Å². The molecule has 0 saturated carbocycles. The van der Waals surface area contributed by atoms with Crippen molar-refractivity contribution in [2.24, 2.45) is 10.1 Å². The van der Waals surface area contributed by atoms with Crippen LogP contribution in [0.2, 0.25) is 0 Å². The second-order valence-corrected chi connectivity index (χ2v) is 7.70. The molecule has 6 heteroatoms. The van der Waals surface area contributed by atoms with E-state index in [0.717, 1.165) is 47.4 Å². The van der Waals surface area contributed by atoms with E-state index < -0.39 is 0 Å². The maximum atomic E-state index is 4.87. The molecule has 2 heterocycles. The molecule has 0 radical (unpaired) electrons. The van der Waals surface area contributed by atoms with Crippen molar-refractivity contribution in [1.82, 2.24) is 14.9 Å². The second-order valence-electron chi connectivity index (χ2n) is 7.70. The Hall–Kier alpha value is -2.50. The first-order chi connectivity index (χ1) is 12.3. The van der Waals surface area contributed by atoms with Gasteiger partial charge in [-0.2, -0.15) is 9.78 Å². The van der Waals surface area contributed by atoms with Gasteiger partial charge in [0.2, 0.25) is 5.82 Å². The van der Waals surface area contributed by atoms with E-state index in [2.05, 4.69) is 79.9 Å². The average Bonchev–Trinajstić information content (AvgIpc) is 3.10. The summed E-state index contributed by atoms with van der Waals surface area (Å²) < 4.78 is 1.83. The van der Waals surface area contributed by atoms with Gasteiger partial charge in [0.25, 0.3) is 0 Å². The third kappa shape index (κ3) is 3.16. The molecule has 1 aromatic heterocycles. The Kier molecular flexibility index (Phi) is 4.69. The van der Waals surface area contributed by atoms with Crippen LogP contribution < -0.4 is 4.90 Å². The molecule has 2 aromatic rings. The van der Waals surface area contributed by atoms with Crippen LogP contribution in [0.3, 0.4) is 0 Å². The van der Waals surface area contributed by atoms with Gasteiger partial charge in [0.05, 0.1) is 11.4 Å². The van der Waals surface area contributed by atoms with Crippen molar-refractivity contribution in [2.45, 2.75) is 53.9 Å². The summed E-state index contributed by atoms with van der Waals surface area (Å²) >= 11 is 0. The molecule has 0 amide bonds. The minimum absolute atomic E-state index is 0.119. The van der Waals surface area contributed by atoms with Gasteiger partial charge >= 0.3 is 0 Å². The van der Waals surface area contributed by atoms with Crippen molar-refractivity contribution in [1.29, 1.82) is 0 Å². The third-order valence-electron chi connectivity index (χ3n) is 4.66. The van der Waals surface area contributed by atoms with Crippen LogP contribution in [0.5, 0.6) is 0 Å². The van der Waals surface area contributed by atoms with E-state index in [0.29, 0.717) is 0 Å². The topological polar surface area (TPSA) is 58.7 Å². The summed E-state index contributed by atoms with van der Waals surface area (Å²) in [6, 6.07) is 6.40. The van der Waals surface area contributed by atoms with Crippen LogP contribution in [0, 0.1) is 6.92 Å². The number of aliphatic imine (C=N–C) groups is 1. The first-order valence-electron chi connectivity index (χ1n) is 9.22. The number of hydrogen-bond donors (Lipinski definition) is 0. The van der Waals surface area contributed by atoms with Crippen LogP contribution >= 0.6 is 0 Å². The fourth-order valence-corrected chi connectivity index (χ4v) is 3.15. The Morgan fingerprint density at radius 2 is 1.77 bits per heavy atom. The molecule has 1 aliphatic heterocycles. The van der Waals surface area contributed by atoms with Crippen LogP contribution in [-0.4, -0.2) is 39.4 Å². The molecule has 0 saturated heterocycles. The van der Waals surface area contributed by atoms with Crippen molar-refractivity contribution in [3.05, 3.63) is 35.4 Å². The van der Waals surface area contributed by atoms with Crippen LogP contribution in [0.4, 0.5) is 11.4 Å². The number of nitrogens with zero attached hydrogens (tertiary/aromatic N) is 6. The molecule has 0 N–H and O–H groups in total. The number of hydrogen-bond acceptors (Lipinski definition) is 5. The number of aryl methyl sites for hydroxylation is 1. The Labute approximate surface area is 155 Å². The maximum Gasteiger partial charge on any atom is 0.205 e. The lowest BCUT2D eigenvalue weighted by atomic mass is 9.96. The van der Waals surface area contributed by atoms with Gasteiger partial charge in [-0.05, 0) is 51.5 Å². The Morgan fingerprint density at radius 1 is 1.08 bits per heavy atom. The Balaban J connectivity index is 2.01. The highest BCUT2D eigenvalue weighted by atomic mass is 15.5. The number of anilines is 1. The summed E-state index contributed by atoms with van der Waals surface area (Å²) in [5.74, 6) is 1.57. The molecule has 0 unspecified atom stereocenters. The molecule has 26 heavy (non-hydrogen) atoms. The van der Waals surface area contributed by atoms with Gasteiger partial charge in [-0.1, -0.05) is 20.8 Å². The molecule has 1 aromatic carbocycles. The molecule has 0 spiro atoms. The summed E-state index contributed by atoms with van der Waals surface area (Å²) in [5.41, 5.74) is 4.86. The van der Waals surface area contributed by atoms with Gasteiger partial charge in [0.15, 0.2) is 5.82 Å². The molecular weight excluding hydrogens is 324 g/mol. The van der Waals surface area contributed by atoms with Gasteiger partial charge in [-0.15, -0.1) is 10.2 Å². The van der Waals surface area contributed by atoms with E-state index in [4.69, 9.17) is 4.99 Å². The molecule has 0 atom stereocenters. The Morgan fingerprint density at radius 3 is 2.35 bits per heavy atom. The molecule has 3 rings (SSSR count). The Bertz CT molecular complexity index is 878. The molecule has 138 valence electrons. The lowest BCUT2D eigenvalue weighted by Crippen LogP contribution is -2.21. The quantitative estimate of drug-likeness (QED) is 0.833. The second kappa shape index (κ2) is 6.67. The van der Waals surface area contributed by atoms with E-state index in [-0.39, 0.29) is 5.41 Å². The molecular formula is C20H28N6.